The van der Waals surface area contributed by atoms with E-state index in [9.17, 15) is 0 Å². The molecule has 1 N–H and O–H groups in total. The second kappa shape index (κ2) is 4.65. The number of nitrogens with zero attached hydrogens (tertiary/aromatic N) is 1. The van der Waals surface area contributed by atoms with Gasteiger partial charge in [0.25, 0.3) is 0 Å². The van der Waals surface area contributed by atoms with Gasteiger partial charge in [0.15, 0.2) is 0 Å². The highest BCUT2D eigenvalue weighted by Crippen LogP contribution is 1.91. The Morgan fingerprint density at radius 2 is 2.50 bits per heavy atom. The summed E-state index contributed by atoms with van der Waals surface area (Å²) in [5, 5.41) is 10.7. The summed E-state index contributed by atoms with van der Waals surface area (Å²) in [5.41, 5.74) is 0.976. The predicted octanol–water partition coefficient (Wildman–Crippen LogP) is 1.63. The molecule has 0 heterocycles. The fourth-order valence-corrected chi connectivity index (χ4v) is 0.294. The Bertz CT molecular complexity index is 109. The molecule has 0 aliphatic carbocycles. The van der Waals surface area contributed by atoms with Crippen molar-refractivity contribution in [2.45, 2.75) is 6.92 Å². The van der Waals surface area contributed by atoms with Gasteiger partial charge in [-0.2, -0.15) is 0 Å². The maximum absolute atomic E-state index is 7.89. The lowest BCUT2D eigenvalue weighted by molar-refractivity contribution is 0.322. The molecule has 0 aliphatic heterocycles. The lowest BCUT2D eigenvalue weighted by atomic mass is 10.3. The number of rotatable bonds is 2. The molecule has 0 aromatic rings. The van der Waals surface area contributed by atoms with Gasteiger partial charge in [0.05, 0.1) is 6.21 Å². The summed E-state index contributed by atoms with van der Waals surface area (Å²) >= 11 is 5.38. The fraction of sp³-hybridized carbons (Fsp3) is 0.400. The van der Waals surface area contributed by atoms with Crippen LogP contribution in [0.2, 0.25) is 0 Å². The van der Waals surface area contributed by atoms with Gasteiger partial charge < -0.3 is 5.21 Å². The first-order chi connectivity index (χ1) is 3.81. The SMILES string of the molecule is CC(=CC=NO)CCl. The largest absolute Gasteiger partial charge is 0.411 e. The Kier molecular flexibility index (Phi) is 4.36. The first-order valence-corrected chi connectivity index (χ1v) is 2.74. The quantitative estimate of drug-likeness (QED) is 0.264. The zero-order chi connectivity index (χ0) is 6.41. The zero-order valence-electron chi connectivity index (χ0n) is 4.63. The van der Waals surface area contributed by atoms with Crippen molar-refractivity contribution in [3.05, 3.63) is 11.6 Å². The van der Waals surface area contributed by atoms with Crippen LogP contribution < -0.4 is 0 Å². The fourth-order valence-electron chi connectivity index (χ4n) is 0.205. The van der Waals surface area contributed by atoms with Gasteiger partial charge in [-0.3, -0.25) is 0 Å². The molecule has 0 saturated carbocycles. The van der Waals surface area contributed by atoms with Crippen LogP contribution >= 0.6 is 11.6 Å². The third-order valence-electron chi connectivity index (χ3n) is 0.637. The third kappa shape index (κ3) is 3.68. The molecular formula is C5H8ClNO. The lowest BCUT2D eigenvalue weighted by Gasteiger charge is -1.84. The second-order valence-corrected chi connectivity index (χ2v) is 1.68. The maximum atomic E-state index is 7.89. The van der Waals surface area contributed by atoms with E-state index < -0.39 is 0 Å². The van der Waals surface area contributed by atoms with Crippen LogP contribution in [0.4, 0.5) is 0 Å². The van der Waals surface area contributed by atoms with Gasteiger partial charge in [-0.1, -0.05) is 10.7 Å². The highest BCUT2D eigenvalue weighted by atomic mass is 35.5. The van der Waals surface area contributed by atoms with Gasteiger partial charge in [0.2, 0.25) is 0 Å². The van der Waals surface area contributed by atoms with Crippen molar-refractivity contribution < 1.29 is 5.21 Å². The summed E-state index contributed by atoms with van der Waals surface area (Å²) in [6, 6.07) is 0. The van der Waals surface area contributed by atoms with E-state index in [0.717, 1.165) is 5.57 Å². The Labute approximate surface area is 53.5 Å². The molecule has 0 unspecified atom stereocenters. The van der Waals surface area contributed by atoms with Crippen LogP contribution in [-0.4, -0.2) is 17.3 Å². The van der Waals surface area contributed by atoms with Crippen molar-refractivity contribution in [1.29, 1.82) is 0 Å². The van der Waals surface area contributed by atoms with Crippen molar-refractivity contribution in [3.63, 3.8) is 0 Å². The number of alkyl halides is 1. The summed E-state index contributed by atoms with van der Waals surface area (Å²) in [6.07, 6.45) is 2.94. The van der Waals surface area contributed by atoms with Crippen molar-refractivity contribution in [1.82, 2.24) is 0 Å². The molecule has 0 aliphatic rings. The first kappa shape index (κ1) is 7.50. The molecule has 0 rings (SSSR count). The highest BCUT2D eigenvalue weighted by molar-refractivity contribution is 6.19. The van der Waals surface area contributed by atoms with Crippen LogP contribution in [0.25, 0.3) is 0 Å². The van der Waals surface area contributed by atoms with Crippen LogP contribution in [0.15, 0.2) is 16.8 Å². The Hall–Kier alpha value is -0.500. The minimum Gasteiger partial charge on any atom is -0.411 e. The number of oxime groups is 1. The van der Waals surface area contributed by atoms with E-state index in [1.165, 1.54) is 6.21 Å². The van der Waals surface area contributed by atoms with Gasteiger partial charge in [0.1, 0.15) is 0 Å². The summed E-state index contributed by atoms with van der Waals surface area (Å²) in [5.74, 6) is 0.478. The van der Waals surface area contributed by atoms with Crippen LogP contribution in [0.3, 0.4) is 0 Å². The molecule has 0 radical (unpaired) electrons. The molecule has 0 atom stereocenters. The topological polar surface area (TPSA) is 32.6 Å². The van der Waals surface area contributed by atoms with E-state index in [1.54, 1.807) is 6.08 Å². The third-order valence-corrected chi connectivity index (χ3v) is 1.06. The molecule has 0 amide bonds. The molecule has 3 heteroatoms. The van der Waals surface area contributed by atoms with Crippen LogP contribution in [0, 0.1) is 0 Å². The molecule has 0 bridgehead atoms. The van der Waals surface area contributed by atoms with Gasteiger partial charge in [0, 0.05) is 5.88 Å². The number of halogens is 1. The van der Waals surface area contributed by atoms with E-state index >= 15 is 0 Å². The van der Waals surface area contributed by atoms with E-state index in [0.29, 0.717) is 5.88 Å². The van der Waals surface area contributed by atoms with Gasteiger partial charge >= 0.3 is 0 Å². The minimum atomic E-state index is 0.478. The van der Waals surface area contributed by atoms with E-state index in [4.69, 9.17) is 16.8 Å². The van der Waals surface area contributed by atoms with Crippen molar-refractivity contribution in [3.8, 4) is 0 Å². The molecule has 0 aromatic heterocycles. The summed E-state index contributed by atoms with van der Waals surface area (Å²) in [4.78, 5) is 0. The Morgan fingerprint density at radius 3 is 2.88 bits per heavy atom. The molecule has 0 aromatic carbocycles. The van der Waals surface area contributed by atoms with Crippen molar-refractivity contribution in [2.75, 3.05) is 5.88 Å². The molecule has 0 spiro atoms. The van der Waals surface area contributed by atoms with Crippen molar-refractivity contribution in [2.24, 2.45) is 5.16 Å². The smallest absolute Gasteiger partial charge is 0.0661 e. The average molecular weight is 134 g/mol. The van der Waals surface area contributed by atoms with Crippen LogP contribution in [-0.2, 0) is 0 Å². The van der Waals surface area contributed by atoms with E-state index in [1.807, 2.05) is 6.92 Å². The first-order valence-electron chi connectivity index (χ1n) is 2.20. The second-order valence-electron chi connectivity index (χ2n) is 1.41. The van der Waals surface area contributed by atoms with E-state index in [-0.39, 0.29) is 0 Å². The van der Waals surface area contributed by atoms with Crippen LogP contribution in [0.5, 0.6) is 0 Å². The number of hydrogen-bond donors (Lipinski definition) is 1. The predicted molar refractivity (Wildman–Crippen MR) is 34.8 cm³/mol. The molecule has 46 valence electrons. The summed E-state index contributed by atoms with van der Waals surface area (Å²) in [6.45, 7) is 1.86. The van der Waals surface area contributed by atoms with E-state index in [2.05, 4.69) is 5.16 Å². The molecule has 0 saturated heterocycles. The molecule has 8 heavy (non-hydrogen) atoms. The lowest BCUT2D eigenvalue weighted by Crippen LogP contribution is -1.75. The Morgan fingerprint density at radius 1 is 1.88 bits per heavy atom. The molecule has 2 nitrogen and oxygen atoms in total. The number of hydrogen-bond acceptors (Lipinski definition) is 2. The van der Waals surface area contributed by atoms with Gasteiger partial charge in [-0.05, 0) is 13.0 Å². The minimum absolute atomic E-state index is 0.478. The summed E-state index contributed by atoms with van der Waals surface area (Å²) in [7, 11) is 0. The monoisotopic (exact) mass is 133 g/mol. The van der Waals surface area contributed by atoms with Gasteiger partial charge in [-0.15, -0.1) is 11.6 Å². The standard InChI is InChI=1S/C5H8ClNO/c1-5(4-6)2-3-7-8/h2-3,8H,4H2,1H3. The zero-order valence-corrected chi connectivity index (χ0v) is 5.39. The maximum Gasteiger partial charge on any atom is 0.0661 e. The van der Waals surface area contributed by atoms with Crippen molar-refractivity contribution >= 4 is 17.8 Å². The Balaban J connectivity index is 3.57. The average Bonchev–Trinajstić information content (AvgIpc) is 1.83. The normalized spacial score (nSPS) is 13.0. The molecule has 0 fully saturated rings. The van der Waals surface area contributed by atoms with Crippen LogP contribution in [0.1, 0.15) is 6.92 Å². The summed E-state index contributed by atoms with van der Waals surface area (Å²) < 4.78 is 0. The van der Waals surface area contributed by atoms with Gasteiger partial charge in [-0.25, -0.2) is 0 Å². The number of allylic oxidation sites excluding steroid dienone is 2. The highest BCUT2D eigenvalue weighted by Gasteiger charge is 1.78. The molecular weight excluding hydrogens is 126 g/mol.